The standard InChI is InChI=1S/C20H41Cl/c1-3-5-7-9-11-13-16-20(18-15-19-21)17-14-12-10-8-6-4-2/h20H,3-19H2,1-2H3. The Morgan fingerprint density at radius 2 is 0.905 bits per heavy atom. The summed E-state index contributed by atoms with van der Waals surface area (Å²) in [6.07, 6.45) is 22.7. The van der Waals surface area contributed by atoms with Crippen molar-refractivity contribution in [3.63, 3.8) is 0 Å². The van der Waals surface area contributed by atoms with Gasteiger partial charge in [-0.25, -0.2) is 0 Å². The van der Waals surface area contributed by atoms with E-state index in [9.17, 15) is 0 Å². The molecule has 0 spiro atoms. The van der Waals surface area contributed by atoms with Crippen molar-refractivity contribution in [1.29, 1.82) is 0 Å². The van der Waals surface area contributed by atoms with Gasteiger partial charge in [0.25, 0.3) is 0 Å². The van der Waals surface area contributed by atoms with E-state index in [4.69, 9.17) is 11.6 Å². The molecular weight excluding hydrogens is 276 g/mol. The second kappa shape index (κ2) is 18.3. The summed E-state index contributed by atoms with van der Waals surface area (Å²) >= 11 is 5.88. The minimum absolute atomic E-state index is 0.851. The molecule has 0 nitrogen and oxygen atoms in total. The Hall–Kier alpha value is 0.290. The molecule has 0 heterocycles. The monoisotopic (exact) mass is 316 g/mol. The topological polar surface area (TPSA) is 0 Å². The Labute approximate surface area is 140 Å². The molecule has 0 aliphatic rings. The normalized spacial score (nSPS) is 11.4. The predicted molar refractivity (Wildman–Crippen MR) is 99.4 cm³/mol. The van der Waals surface area contributed by atoms with Crippen LogP contribution in [0.3, 0.4) is 0 Å². The summed E-state index contributed by atoms with van der Waals surface area (Å²) < 4.78 is 0. The maximum absolute atomic E-state index is 5.88. The zero-order valence-corrected chi connectivity index (χ0v) is 15.7. The molecule has 0 rings (SSSR count). The molecule has 128 valence electrons. The first-order valence-corrected chi connectivity index (χ1v) is 10.4. The third kappa shape index (κ3) is 16.5. The van der Waals surface area contributed by atoms with Gasteiger partial charge in [0.15, 0.2) is 0 Å². The highest BCUT2D eigenvalue weighted by atomic mass is 35.5. The van der Waals surface area contributed by atoms with Crippen LogP contribution in [0, 0.1) is 5.92 Å². The van der Waals surface area contributed by atoms with E-state index < -0.39 is 0 Å². The fourth-order valence-electron chi connectivity index (χ4n) is 3.23. The van der Waals surface area contributed by atoms with E-state index in [1.54, 1.807) is 0 Å². The van der Waals surface area contributed by atoms with E-state index in [0.29, 0.717) is 0 Å². The van der Waals surface area contributed by atoms with Crippen LogP contribution in [-0.4, -0.2) is 5.88 Å². The Balaban J connectivity index is 3.56. The lowest BCUT2D eigenvalue weighted by Gasteiger charge is -2.16. The lowest BCUT2D eigenvalue weighted by atomic mass is 9.90. The van der Waals surface area contributed by atoms with E-state index in [1.165, 1.54) is 103 Å². The fraction of sp³-hybridized carbons (Fsp3) is 1.00. The summed E-state index contributed by atoms with van der Waals surface area (Å²) in [5, 5.41) is 0. The SMILES string of the molecule is CCCCCCCCC(CCCCl)CCCCCCCC. The molecule has 0 saturated carbocycles. The summed E-state index contributed by atoms with van der Waals surface area (Å²) in [6.45, 7) is 4.59. The first-order chi connectivity index (χ1) is 10.3. The first kappa shape index (κ1) is 21.3. The number of hydrogen-bond donors (Lipinski definition) is 0. The molecule has 0 amide bonds. The lowest BCUT2D eigenvalue weighted by molar-refractivity contribution is 0.378. The van der Waals surface area contributed by atoms with Crippen molar-refractivity contribution in [1.82, 2.24) is 0 Å². The van der Waals surface area contributed by atoms with Crippen molar-refractivity contribution < 1.29 is 0 Å². The van der Waals surface area contributed by atoms with Crippen LogP contribution in [0.1, 0.15) is 117 Å². The van der Waals surface area contributed by atoms with Crippen LogP contribution in [0.5, 0.6) is 0 Å². The van der Waals surface area contributed by atoms with Crippen LogP contribution >= 0.6 is 11.6 Å². The number of unbranched alkanes of at least 4 members (excludes halogenated alkanes) is 10. The van der Waals surface area contributed by atoms with E-state index in [-0.39, 0.29) is 0 Å². The van der Waals surface area contributed by atoms with Gasteiger partial charge < -0.3 is 0 Å². The van der Waals surface area contributed by atoms with Gasteiger partial charge in [-0.1, -0.05) is 104 Å². The van der Waals surface area contributed by atoms with Crippen molar-refractivity contribution in [2.24, 2.45) is 5.92 Å². The molecule has 0 bridgehead atoms. The highest BCUT2D eigenvalue weighted by Gasteiger charge is 2.08. The Kier molecular flexibility index (Phi) is 18.6. The maximum atomic E-state index is 5.88. The second-order valence-corrected chi connectivity index (χ2v) is 7.19. The molecule has 0 radical (unpaired) electrons. The van der Waals surface area contributed by atoms with E-state index >= 15 is 0 Å². The van der Waals surface area contributed by atoms with Crippen LogP contribution in [0.15, 0.2) is 0 Å². The number of rotatable bonds is 17. The van der Waals surface area contributed by atoms with Crippen LogP contribution in [-0.2, 0) is 0 Å². The number of alkyl halides is 1. The summed E-state index contributed by atoms with van der Waals surface area (Å²) in [4.78, 5) is 0. The van der Waals surface area contributed by atoms with Gasteiger partial charge in [-0.2, -0.15) is 0 Å². The van der Waals surface area contributed by atoms with Crippen molar-refractivity contribution in [2.45, 2.75) is 117 Å². The first-order valence-electron chi connectivity index (χ1n) is 9.91. The molecular formula is C20H41Cl. The van der Waals surface area contributed by atoms with Crippen molar-refractivity contribution in [3.05, 3.63) is 0 Å². The highest BCUT2D eigenvalue weighted by molar-refractivity contribution is 6.17. The number of halogens is 1. The molecule has 0 unspecified atom stereocenters. The molecule has 21 heavy (non-hydrogen) atoms. The molecule has 0 N–H and O–H groups in total. The molecule has 1 heteroatoms. The average molecular weight is 317 g/mol. The predicted octanol–water partition coefficient (Wildman–Crippen LogP) is 8.12. The fourth-order valence-corrected chi connectivity index (χ4v) is 3.38. The van der Waals surface area contributed by atoms with Gasteiger partial charge in [0.1, 0.15) is 0 Å². The molecule has 0 aliphatic heterocycles. The third-order valence-corrected chi connectivity index (χ3v) is 4.95. The smallest absolute Gasteiger partial charge is 0.0223 e. The molecule has 0 aromatic rings. The molecule has 0 saturated heterocycles. The highest BCUT2D eigenvalue weighted by Crippen LogP contribution is 2.23. The maximum Gasteiger partial charge on any atom is 0.0223 e. The van der Waals surface area contributed by atoms with Gasteiger partial charge in [0, 0.05) is 5.88 Å². The minimum atomic E-state index is 0.851. The van der Waals surface area contributed by atoms with E-state index in [0.717, 1.165) is 11.8 Å². The molecule has 0 fully saturated rings. The summed E-state index contributed by atoms with van der Waals surface area (Å²) in [7, 11) is 0. The quantitative estimate of drug-likeness (QED) is 0.188. The van der Waals surface area contributed by atoms with Crippen LogP contribution in [0.2, 0.25) is 0 Å². The van der Waals surface area contributed by atoms with Crippen LogP contribution < -0.4 is 0 Å². The van der Waals surface area contributed by atoms with E-state index in [1.807, 2.05) is 0 Å². The van der Waals surface area contributed by atoms with Crippen molar-refractivity contribution in [3.8, 4) is 0 Å². The van der Waals surface area contributed by atoms with Gasteiger partial charge in [-0.05, 0) is 18.8 Å². The van der Waals surface area contributed by atoms with Gasteiger partial charge in [0.2, 0.25) is 0 Å². The van der Waals surface area contributed by atoms with Crippen molar-refractivity contribution >= 4 is 11.6 Å². The van der Waals surface area contributed by atoms with Gasteiger partial charge in [0.05, 0.1) is 0 Å². The minimum Gasteiger partial charge on any atom is -0.127 e. The molecule has 0 aliphatic carbocycles. The second-order valence-electron chi connectivity index (χ2n) is 6.81. The zero-order valence-electron chi connectivity index (χ0n) is 15.0. The van der Waals surface area contributed by atoms with Crippen LogP contribution in [0.4, 0.5) is 0 Å². The Morgan fingerprint density at radius 1 is 0.524 bits per heavy atom. The summed E-state index contributed by atoms with van der Waals surface area (Å²) in [6, 6.07) is 0. The molecule has 0 aromatic heterocycles. The molecule has 0 atom stereocenters. The van der Waals surface area contributed by atoms with Gasteiger partial charge >= 0.3 is 0 Å². The van der Waals surface area contributed by atoms with Gasteiger partial charge in [-0.15, -0.1) is 11.6 Å². The Bertz CT molecular complexity index is 163. The van der Waals surface area contributed by atoms with Crippen molar-refractivity contribution in [2.75, 3.05) is 5.88 Å². The lowest BCUT2D eigenvalue weighted by Crippen LogP contribution is -2.02. The summed E-state index contributed by atoms with van der Waals surface area (Å²) in [5.74, 6) is 1.81. The largest absolute Gasteiger partial charge is 0.127 e. The van der Waals surface area contributed by atoms with Gasteiger partial charge in [-0.3, -0.25) is 0 Å². The Morgan fingerprint density at radius 3 is 1.33 bits per heavy atom. The summed E-state index contributed by atoms with van der Waals surface area (Å²) in [5.41, 5.74) is 0. The van der Waals surface area contributed by atoms with E-state index in [2.05, 4.69) is 13.8 Å². The zero-order chi connectivity index (χ0) is 15.6. The molecule has 0 aromatic carbocycles. The van der Waals surface area contributed by atoms with Crippen LogP contribution in [0.25, 0.3) is 0 Å². The average Bonchev–Trinajstić information content (AvgIpc) is 2.50. The number of hydrogen-bond acceptors (Lipinski definition) is 0. The third-order valence-electron chi connectivity index (χ3n) is 4.68.